The van der Waals surface area contributed by atoms with Crippen LogP contribution in [0, 0.1) is 6.92 Å². The van der Waals surface area contributed by atoms with Crippen LogP contribution in [0.3, 0.4) is 0 Å². The van der Waals surface area contributed by atoms with E-state index < -0.39 is 191 Å². The zero-order valence-corrected chi connectivity index (χ0v) is 49.2. The van der Waals surface area contributed by atoms with Crippen LogP contribution in [0.2, 0.25) is 0 Å². The number of aromatic amines is 2. The van der Waals surface area contributed by atoms with Crippen LogP contribution in [0.5, 0.6) is 0 Å². The standard InChI is InChI=1S/C43H59N13O28P4/c1-19-12-55(43(63)52-38(19)59)34-10-23(83-88(70,71)76-17-29-24(84-85(64,65)73-14-26-20(58)4-7-72-26)11-35(80-29)56-18-47-36-37(56)50-40(46)51-39(36)60)28(79-34)16-75-87(68,69)82-22-9-33(54-6-3-31(45)49-42(54)62)78-27(22)15-74-86(66,67)81-21-8-32(77-25(21)13-57)53-5-2-30(44)48-41(53)61/h2-3,5-6,12,18,20-29,32-35,57-58H,4,7-11,13-17H2,1H3,(H,64,65)(H,66,67)(H,68,69)(H,70,71)(H2,44,48,61)(H2,45,49,62)(H,52,59,63)(H3,46,50,51,60)/t20-,21-,22-,23-,24-,25+,26+,27+,28+,29+,32+,33+,34+,35+/m0/s1. The summed E-state index contributed by atoms with van der Waals surface area (Å²) in [6.45, 7) is -2.88. The number of phosphoric ester groups is 4. The molecule has 41 nitrogen and oxygen atoms in total. The van der Waals surface area contributed by atoms with Gasteiger partial charge in [0.15, 0.2) is 11.2 Å². The molecule has 0 aromatic carbocycles. The molecule has 45 heteroatoms. The Bertz CT molecular complexity index is 3890. The number of nitrogens with one attached hydrogen (secondary N) is 2. The highest BCUT2D eigenvalue weighted by atomic mass is 31.2. The second kappa shape index (κ2) is 26.3. The van der Waals surface area contributed by atoms with E-state index in [1.54, 1.807) is 0 Å². The Labute approximate surface area is 491 Å². The third-order valence-corrected chi connectivity index (χ3v) is 18.3. The Morgan fingerprint density at radius 3 is 1.44 bits per heavy atom. The van der Waals surface area contributed by atoms with Crippen LogP contribution in [0.25, 0.3) is 11.2 Å². The van der Waals surface area contributed by atoms with Gasteiger partial charge in [-0.25, -0.2) is 37.6 Å². The number of rotatable bonds is 25. The third-order valence-electron chi connectivity index (χ3n) is 14.3. The van der Waals surface area contributed by atoms with Crippen molar-refractivity contribution in [1.82, 2.24) is 48.2 Å². The van der Waals surface area contributed by atoms with Crippen molar-refractivity contribution < 1.29 is 108 Å². The molecule has 5 saturated heterocycles. The summed E-state index contributed by atoms with van der Waals surface area (Å²) in [6.07, 6.45) is -16.5. The number of aryl methyl sites for hydroxylation is 1. The molecule has 14 N–H and O–H groups in total. The van der Waals surface area contributed by atoms with Gasteiger partial charge < -0.3 is 70.7 Å². The Hall–Kier alpha value is -5.65. The van der Waals surface area contributed by atoms with Crippen molar-refractivity contribution in [2.75, 3.05) is 56.8 Å². The van der Waals surface area contributed by atoms with Crippen molar-refractivity contribution in [3.05, 3.63) is 94.8 Å². The number of hydrogen-bond donors (Lipinski definition) is 11. The summed E-state index contributed by atoms with van der Waals surface area (Å²) in [4.78, 5) is 128. The van der Waals surface area contributed by atoms with Gasteiger partial charge in [-0.05, 0) is 25.5 Å². The van der Waals surface area contributed by atoms with Crippen LogP contribution in [-0.4, -0.2) is 179 Å². The Morgan fingerprint density at radius 1 is 0.591 bits per heavy atom. The van der Waals surface area contributed by atoms with Crippen LogP contribution in [-0.2, 0) is 78.1 Å². The van der Waals surface area contributed by atoms with E-state index in [1.165, 1.54) is 36.0 Å². The number of imidazole rings is 1. The van der Waals surface area contributed by atoms with Crippen molar-refractivity contribution in [2.24, 2.45) is 0 Å². The molecule has 18 atom stereocenters. The quantitative estimate of drug-likeness (QED) is 0.0270. The van der Waals surface area contributed by atoms with Gasteiger partial charge in [-0.2, -0.15) is 15.0 Å². The molecule has 5 aliphatic heterocycles. The maximum atomic E-state index is 14.0. The molecule has 0 spiro atoms. The molecule has 0 bridgehead atoms. The first-order valence-electron chi connectivity index (χ1n) is 26.4. The molecular formula is C43H59N13O28P4. The first-order valence-corrected chi connectivity index (χ1v) is 32.4. The number of nitrogens with two attached hydrogens (primary N) is 3. The number of nitrogen functional groups attached to an aromatic ring is 3. The molecule has 484 valence electrons. The monoisotopic (exact) mass is 1330 g/mol. The average molecular weight is 1330 g/mol. The van der Waals surface area contributed by atoms with Crippen molar-refractivity contribution in [1.29, 1.82) is 0 Å². The van der Waals surface area contributed by atoms with Gasteiger partial charge >= 0.3 is 48.4 Å². The van der Waals surface area contributed by atoms with E-state index >= 15 is 0 Å². The molecule has 0 aliphatic carbocycles. The van der Waals surface area contributed by atoms with Crippen molar-refractivity contribution >= 4 is 60.0 Å². The lowest BCUT2D eigenvalue weighted by Crippen LogP contribution is -2.33. The summed E-state index contributed by atoms with van der Waals surface area (Å²) in [7, 11) is -21.2. The van der Waals surface area contributed by atoms with E-state index in [0.717, 1.165) is 26.2 Å². The number of anilines is 3. The van der Waals surface area contributed by atoms with Crippen molar-refractivity contribution in [2.45, 2.75) is 125 Å². The fourth-order valence-corrected chi connectivity index (χ4v) is 13.9. The smallest absolute Gasteiger partial charge is 0.394 e. The van der Waals surface area contributed by atoms with Gasteiger partial charge in [0, 0.05) is 56.4 Å². The molecule has 4 unspecified atom stereocenters. The minimum atomic E-state index is -5.48. The third kappa shape index (κ3) is 15.4. The maximum absolute atomic E-state index is 14.0. The summed E-state index contributed by atoms with van der Waals surface area (Å²) < 4.78 is 131. The SMILES string of the molecule is Cc1cn([C@H]2C[C@H](OP(=O)(O)OC[C@H]3O[C@@H](n4cnc5c(=O)[nH]c(N)nc54)C[C@@H]3OP(=O)(O)OC[C@H]3OCC[C@@H]3O)[C@@H](COP(=O)(O)O[C@H]3C[C@H](n4ccc(N)nc4=O)O[C@@H]3COP(=O)(O)O[C@H]3C[C@H](n4ccc(N)nc4=O)O[C@@H]3CO)O2)c(=O)[nH]c1=O. The van der Waals surface area contributed by atoms with Crippen molar-refractivity contribution in [3.63, 3.8) is 0 Å². The number of aliphatic hydroxyl groups is 2. The summed E-state index contributed by atoms with van der Waals surface area (Å²) in [5.41, 5.74) is 12.4. The fourth-order valence-electron chi connectivity index (χ4n) is 10.1. The average Bonchev–Trinajstić information content (AvgIpc) is 4.39. The highest BCUT2D eigenvalue weighted by Crippen LogP contribution is 2.55. The van der Waals surface area contributed by atoms with Crippen LogP contribution in [0.1, 0.15) is 62.6 Å². The van der Waals surface area contributed by atoms with Gasteiger partial charge in [0.1, 0.15) is 91.5 Å². The molecule has 0 saturated carbocycles. The number of fused-ring (bicyclic) bond motifs is 1. The van der Waals surface area contributed by atoms with E-state index in [0.29, 0.717) is 0 Å². The number of ether oxygens (including phenoxy) is 5. The second-order valence-corrected chi connectivity index (χ2v) is 26.0. The minimum Gasteiger partial charge on any atom is -0.394 e. The lowest BCUT2D eigenvalue weighted by atomic mass is 10.2. The van der Waals surface area contributed by atoms with Gasteiger partial charge in [-0.3, -0.25) is 74.0 Å². The molecular weight excluding hydrogens is 1270 g/mol. The normalized spacial score (nSPS) is 31.0. The number of aromatic nitrogens is 10. The van der Waals surface area contributed by atoms with Gasteiger partial charge in [-0.15, -0.1) is 0 Å². The van der Waals surface area contributed by atoms with E-state index in [4.69, 9.17) is 77.1 Å². The lowest BCUT2D eigenvalue weighted by Gasteiger charge is -2.25. The summed E-state index contributed by atoms with van der Waals surface area (Å²) in [5.74, 6) is -0.596. The largest absolute Gasteiger partial charge is 0.472 e. The first kappa shape index (κ1) is 65.3. The van der Waals surface area contributed by atoms with E-state index in [9.17, 15) is 72.0 Å². The van der Waals surface area contributed by atoms with Crippen molar-refractivity contribution in [3.8, 4) is 0 Å². The van der Waals surface area contributed by atoms with Gasteiger partial charge in [0.05, 0.1) is 45.5 Å². The lowest BCUT2D eigenvalue weighted by molar-refractivity contribution is -0.0639. The molecule has 0 amide bonds. The summed E-state index contributed by atoms with van der Waals surface area (Å²) >= 11 is 0. The second-order valence-electron chi connectivity index (χ2n) is 20.4. The summed E-state index contributed by atoms with van der Waals surface area (Å²) in [5, 5.41) is 20.2. The van der Waals surface area contributed by atoms with Gasteiger partial charge in [0.25, 0.3) is 11.1 Å². The number of nitrogens with zero attached hydrogens (tertiary/aromatic N) is 8. The molecule has 5 fully saturated rings. The van der Waals surface area contributed by atoms with Crippen LogP contribution in [0.4, 0.5) is 17.6 Å². The maximum Gasteiger partial charge on any atom is 0.472 e. The molecule has 5 aromatic rings. The van der Waals surface area contributed by atoms with Crippen LogP contribution < -0.4 is 45.4 Å². The highest BCUT2D eigenvalue weighted by molar-refractivity contribution is 7.48. The Morgan fingerprint density at radius 2 is 1.01 bits per heavy atom. The summed E-state index contributed by atoms with van der Waals surface area (Å²) in [6, 6.07) is 2.51. The molecule has 5 aromatic heterocycles. The number of H-pyrrole nitrogens is 2. The van der Waals surface area contributed by atoms with Gasteiger partial charge in [0.2, 0.25) is 5.95 Å². The Kier molecular flexibility index (Phi) is 19.5. The van der Waals surface area contributed by atoms with Crippen LogP contribution in [0.15, 0.2) is 61.0 Å². The molecule has 5 aliphatic rings. The predicted octanol–water partition coefficient (Wildman–Crippen LogP) is -2.46. The van der Waals surface area contributed by atoms with E-state index in [-0.39, 0.29) is 60.2 Å². The number of phosphoric acid groups is 4. The highest BCUT2D eigenvalue weighted by Gasteiger charge is 2.49. The first-order chi connectivity index (χ1) is 41.5. The molecule has 10 rings (SSSR count). The van der Waals surface area contributed by atoms with E-state index in [1.807, 2.05) is 0 Å². The zero-order valence-electron chi connectivity index (χ0n) is 45.6. The predicted molar refractivity (Wildman–Crippen MR) is 289 cm³/mol. The molecule has 88 heavy (non-hydrogen) atoms. The molecule has 0 radical (unpaired) electrons. The number of aliphatic hydroxyl groups excluding tert-OH is 2. The van der Waals surface area contributed by atoms with E-state index in [2.05, 4.69) is 29.9 Å². The number of hydrogen-bond acceptors (Lipinski definition) is 31. The zero-order chi connectivity index (χ0) is 63.2. The fraction of sp³-hybridized carbons (Fsp3) is 0.605. The van der Waals surface area contributed by atoms with Gasteiger partial charge in [-0.1, -0.05) is 0 Å². The minimum absolute atomic E-state index is 0.00547. The Balaban J connectivity index is 0.838. The topological polar surface area (TPSA) is 576 Å². The van der Waals surface area contributed by atoms with Crippen LogP contribution >= 0.6 is 31.3 Å². The molecule has 10 heterocycles.